The molecule has 2 nitrogen and oxygen atoms in total. The lowest BCUT2D eigenvalue weighted by Gasteiger charge is -2.09. The van der Waals surface area contributed by atoms with Crippen molar-refractivity contribution in [2.45, 2.75) is 32.6 Å². The number of H-pyrrole nitrogens is 1. The quantitative estimate of drug-likeness (QED) is 0.785. The first kappa shape index (κ1) is 9.25. The van der Waals surface area contributed by atoms with Crippen molar-refractivity contribution in [3.8, 4) is 0 Å². The van der Waals surface area contributed by atoms with E-state index in [1.165, 1.54) is 18.4 Å². The summed E-state index contributed by atoms with van der Waals surface area (Å²) in [4.78, 5) is 7.36. The van der Waals surface area contributed by atoms with E-state index in [0.717, 1.165) is 11.0 Å². The molecule has 0 saturated heterocycles. The van der Waals surface area contributed by atoms with Crippen molar-refractivity contribution >= 4 is 11.0 Å². The van der Waals surface area contributed by atoms with Crippen molar-refractivity contribution in [2.75, 3.05) is 0 Å². The number of aromatic amines is 1. The number of imidazole rings is 1. The molecule has 0 amide bonds. The van der Waals surface area contributed by atoms with Gasteiger partial charge in [-0.3, -0.25) is 0 Å². The molecule has 14 heavy (non-hydrogen) atoms. The number of aromatic nitrogens is 2. The van der Waals surface area contributed by atoms with Crippen LogP contribution < -0.4 is 0 Å². The van der Waals surface area contributed by atoms with Gasteiger partial charge in [0, 0.05) is 0 Å². The van der Waals surface area contributed by atoms with Gasteiger partial charge in [0.2, 0.25) is 0 Å². The summed E-state index contributed by atoms with van der Waals surface area (Å²) in [7, 11) is 0. The predicted molar refractivity (Wildman–Crippen MR) is 59.4 cm³/mol. The van der Waals surface area contributed by atoms with Crippen molar-refractivity contribution in [1.82, 2.24) is 9.97 Å². The summed E-state index contributed by atoms with van der Waals surface area (Å²) in [6, 6.07) is 6.49. The Morgan fingerprint density at radius 3 is 3.07 bits per heavy atom. The van der Waals surface area contributed by atoms with Crippen molar-refractivity contribution < 1.29 is 0 Å². The lowest BCUT2D eigenvalue weighted by atomic mass is 9.96. The molecule has 0 bridgehead atoms. The second-order valence-electron chi connectivity index (χ2n) is 3.87. The fraction of sp³-hybridized carbons (Fsp3) is 0.417. The molecule has 1 N–H and O–H groups in total. The molecule has 1 aromatic heterocycles. The number of hydrogen-bond donors (Lipinski definition) is 1. The Morgan fingerprint density at radius 1 is 1.43 bits per heavy atom. The second kappa shape index (κ2) is 3.82. The minimum absolute atomic E-state index is 0.646. The maximum Gasteiger partial charge on any atom is 0.0931 e. The number of fused-ring (bicyclic) bond motifs is 1. The molecule has 2 aromatic rings. The molecule has 0 radical (unpaired) electrons. The van der Waals surface area contributed by atoms with Crippen molar-refractivity contribution in [3.63, 3.8) is 0 Å². The van der Waals surface area contributed by atoms with Crippen LogP contribution >= 0.6 is 0 Å². The Balaban J connectivity index is 2.33. The maximum atomic E-state index is 4.21. The molecule has 1 heterocycles. The van der Waals surface area contributed by atoms with E-state index in [-0.39, 0.29) is 0 Å². The van der Waals surface area contributed by atoms with Gasteiger partial charge in [-0.05, 0) is 30.0 Å². The summed E-state index contributed by atoms with van der Waals surface area (Å²) in [6.07, 6.45) is 4.24. The topological polar surface area (TPSA) is 28.7 Å². The molecule has 0 saturated carbocycles. The van der Waals surface area contributed by atoms with Crippen LogP contribution in [0.25, 0.3) is 11.0 Å². The van der Waals surface area contributed by atoms with Gasteiger partial charge in [0.05, 0.1) is 17.4 Å². The van der Waals surface area contributed by atoms with Crippen LogP contribution in [0.5, 0.6) is 0 Å². The van der Waals surface area contributed by atoms with Crippen LogP contribution in [0.4, 0.5) is 0 Å². The van der Waals surface area contributed by atoms with Gasteiger partial charge in [-0.2, -0.15) is 0 Å². The highest BCUT2D eigenvalue weighted by atomic mass is 14.9. The molecular formula is C12H16N2. The van der Waals surface area contributed by atoms with Crippen molar-refractivity contribution in [2.24, 2.45) is 0 Å². The average Bonchev–Trinajstić information content (AvgIpc) is 2.64. The Labute approximate surface area is 84.4 Å². The van der Waals surface area contributed by atoms with Crippen LogP contribution in [-0.4, -0.2) is 9.97 Å². The monoisotopic (exact) mass is 188 g/mol. The molecule has 0 spiro atoms. The number of nitrogens with zero attached hydrogens (tertiary/aromatic N) is 1. The van der Waals surface area contributed by atoms with Gasteiger partial charge in [0.15, 0.2) is 0 Å². The van der Waals surface area contributed by atoms with Gasteiger partial charge >= 0.3 is 0 Å². The fourth-order valence-corrected chi connectivity index (χ4v) is 1.86. The molecule has 2 rings (SSSR count). The Hall–Kier alpha value is -1.31. The van der Waals surface area contributed by atoms with Crippen LogP contribution in [0.2, 0.25) is 0 Å². The first-order valence-corrected chi connectivity index (χ1v) is 5.24. The summed E-state index contributed by atoms with van der Waals surface area (Å²) >= 11 is 0. The van der Waals surface area contributed by atoms with E-state index in [1.54, 1.807) is 6.33 Å². The Morgan fingerprint density at radius 2 is 2.29 bits per heavy atom. The van der Waals surface area contributed by atoms with E-state index < -0.39 is 0 Å². The van der Waals surface area contributed by atoms with Crippen LogP contribution in [0, 0.1) is 0 Å². The summed E-state index contributed by atoms with van der Waals surface area (Å²) in [5, 5.41) is 0. The minimum atomic E-state index is 0.646. The van der Waals surface area contributed by atoms with E-state index in [1.807, 2.05) is 0 Å². The number of nitrogens with one attached hydrogen (secondary N) is 1. The molecule has 1 aromatic carbocycles. The SMILES string of the molecule is CCC[C@H](C)c1ccc2nc[nH]c2c1. The van der Waals surface area contributed by atoms with Gasteiger partial charge in [-0.15, -0.1) is 0 Å². The third kappa shape index (κ3) is 1.65. The van der Waals surface area contributed by atoms with Gasteiger partial charge in [0.1, 0.15) is 0 Å². The Bertz CT molecular complexity index is 417. The van der Waals surface area contributed by atoms with E-state index >= 15 is 0 Å². The molecule has 0 aliphatic rings. The number of rotatable bonds is 3. The number of hydrogen-bond acceptors (Lipinski definition) is 1. The van der Waals surface area contributed by atoms with Crippen LogP contribution in [-0.2, 0) is 0 Å². The second-order valence-corrected chi connectivity index (χ2v) is 3.87. The molecule has 0 fully saturated rings. The van der Waals surface area contributed by atoms with E-state index in [0.29, 0.717) is 5.92 Å². The zero-order valence-electron chi connectivity index (χ0n) is 8.75. The summed E-state index contributed by atoms with van der Waals surface area (Å²) in [5.41, 5.74) is 3.60. The first-order chi connectivity index (χ1) is 6.81. The first-order valence-electron chi connectivity index (χ1n) is 5.24. The highest BCUT2D eigenvalue weighted by Crippen LogP contribution is 2.22. The van der Waals surface area contributed by atoms with E-state index in [9.17, 15) is 0 Å². The van der Waals surface area contributed by atoms with Crippen LogP contribution in [0.3, 0.4) is 0 Å². The lowest BCUT2D eigenvalue weighted by molar-refractivity contribution is 0.665. The number of benzene rings is 1. The highest BCUT2D eigenvalue weighted by molar-refractivity contribution is 5.75. The average molecular weight is 188 g/mol. The van der Waals surface area contributed by atoms with Crippen LogP contribution in [0.15, 0.2) is 24.5 Å². The van der Waals surface area contributed by atoms with Gasteiger partial charge in [-0.1, -0.05) is 26.3 Å². The standard InChI is InChI=1S/C12H16N2/c1-3-4-9(2)10-5-6-11-12(7-10)14-8-13-11/h5-9H,3-4H2,1-2H3,(H,13,14)/t9-/m0/s1. The highest BCUT2D eigenvalue weighted by Gasteiger charge is 2.05. The molecule has 0 aliphatic carbocycles. The zero-order valence-corrected chi connectivity index (χ0v) is 8.75. The van der Waals surface area contributed by atoms with Gasteiger partial charge < -0.3 is 4.98 Å². The third-order valence-electron chi connectivity index (χ3n) is 2.74. The minimum Gasteiger partial charge on any atom is -0.345 e. The van der Waals surface area contributed by atoms with Gasteiger partial charge in [-0.25, -0.2) is 4.98 Å². The zero-order chi connectivity index (χ0) is 9.97. The smallest absolute Gasteiger partial charge is 0.0931 e. The maximum absolute atomic E-state index is 4.21. The molecule has 2 heteroatoms. The molecule has 0 unspecified atom stereocenters. The molecular weight excluding hydrogens is 172 g/mol. The van der Waals surface area contributed by atoms with E-state index in [4.69, 9.17) is 0 Å². The summed E-state index contributed by atoms with van der Waals surface area (Å²) in [6.45, 7) is 4.51. The third-order valence-corrected chi connectivity index (χ3v) is 2.74. The Kier molecular flexibility index (Phi) is 2.53. The lowest BCUT2D eigenvalue weighted by Crippen LogP contribution is -1.92. The molecule has 0 aliphatic heterocycles. The summed E-state index contributed by atoms with van der Waals surface area (Å²) in [5.74, 6) is 0.646. The van der Waals surface area contributed by atoms with Crippen LogP contribution in [0.1, 0.15) is 38.2 Å². The van der Waals surface area contributed by atoms with Crippen molar-refractivity contribution in [3.05, 3.63) is 30.1 Å². The predicted octanol–water partition coefficient (Wildman–Crippen LogP) is 3.47. The van der Waals surface area contributed by atoms with Gasteiger partial charge in [0.25, 0.3) is 0 Å². The largest absolute Gasteiger partial charge is 0.345 e. The van der Waals surface area contributed by atoms with Crippen molar-refractivity contribution in [1.29, 1.82) is 0 Å². The normalized spacial score (nSPS) is 13.3. The van der Waals surface area contributed by atoms with E-state index in [2.05, 4.69) is 42.0 Å². The molecule has 74 valence electrons. The fourth-order valence-electron chi connectivity index (χ4n) is 1.86. The molecule has 1 atom stereocenters. The summed E-state index contributed by atoms with van der Waals surface area (Å²) < 4.78 is 0.